The Morgan fingerprint density at radius 1 is 0.889 bits per heavy atom. The molecule has 200 valence electrons. The summed E-state index contributed by atoms with van der Waals surface area (Å²) in [5.41, 5.74) is 4.11. The van der Waals surface area contributed by atoms with Crippen LogP contribution < -0.4 is 16.0 Å². The van der Waals surface area contributed by atoms with Crippen LogP contribution in [0.2, 0.25) is 19.6 Å². The van der Waals surface area contributed by atoms with E-state index in [9.17, 15) is 14.4 Å². The Labute approximate surface area is 217 Å². The second kappa shape index (κ2) is 13.4. The van der Waals surface area contributed by atoms with Crippen LogP contribution in [-0.2, 0) is 20.7 Å². The fourth-order valence-corrected chi connectivity index (χ4v) is 3.32. The molecule has 36 heavy (non-hydrogen) atoms. The molecule has 1 rings (SSSR count). The minimum Gasteiger partial charge on any atom is -0.444 e. The Bertz CT molecular complexity index is 945. The van der Waals surface area contributed by atoms with Crippen molar-refractivity contribution in [3.8, 4) is 11.5 Å². The van der Waals surface area contributed by atoms with Crippen LogP contribution in [0.15, 0.2) is 24.3 Å². The predicted molar refractivity (Wildman–Crippen MR) is 145 cm³/mol. The molecule has 0 heterocycles. The molecule has 3 amide bonds. The smallest absolute Gasteiger partial charge is 0.408 e. The van der Waals surface area contributed by atoms with E-state index in [0.717, 1.165) is 17.5 Å². The highest BCUT2D eigenvalue weighted by Crippen LogP contribution is 2.09. The lowest BCUT2D eigenvalue weighted by Gasteiger charge is -2.24. The Hall–Kier alpha value is -2.99. The van der Waals surface area contributed by atoms with E-state index in [1.165, 1.54) is 0 Å². The average molecular weight is 518 g/mol. The lowest BCUT2D eigenvalue weighted by atomic mass is 10.1. The van der Waals surface area contributed by atoms with Crippen LogP contribution in [0.5, 0.6) is 0 Å². The number of hydrogen-bond acceptors (Lipinski definition) is 5. The molecule has 0 aromatic heterocycles. The number of hydrogen-bond donors (Lipinski definition) is 3. The lowest BCUT2D eigenvalue weighted by Crippen LogP contribution is -2.54. The van der Waals surface area contributed by atoms with Gasteiger partial charge in [-0.1, -0.05) is 37.7 Å². The van der Waals surface area contributed by atoms with Gasteiger partial charge >= 0.3 is 12.2 Å². The van der Waals surface area contributed by atoms with Gasteiger partial charge in [0.05, 0.1) is 6.54 Å². The molecule has 9 heteroatoms. The molecule has 8 nitrogen and oxygen atoms in total. The van der Waals surface area contributed by atoms with Gasteiger partial charge in [-0.15, -0.1) is 5.54 Å². The van der Waals surface area contributed by atoms with Crippen molar-refractivity contribution < 1.29 is 23.9 Å². The van der Waals surface area contributed by atoms with Gasteiger partial charge in [-0.05, 0) is 72.1 Å². The van der Waals surface area contributed by atoms with Crippen LogP contribution in [0.3, 0.4) is 0 Å². The van der Waals surface area contributed by atoms with Gasteiger partial charge in [-0.3, -0.25) is 4.79 Å². The fourth-order valence-electron chi connectivity index (χ4n) is 2.80. The van der Waals surface area contributed by atoms with Crippen molar-refractivity contribution in [1.82, 2.24) is 16.0 Å². The first-order valence-corrected chi connectivity index (χ1v) is 15.8. The van der Waals surface area contributed by atoms with Crippen molar-refractivity contribution in [2.24, 2.45) is 0 Å². The highest BCUT2D eigenvalue weighted by Gasteiger charge is 2.26. The summed E-state index contributed by atoms with van der Waals surface area (Å²) in [6.45, 7) is 17.3. The monoisotopic (exact) mass is 517 g/mol. The predicted octanol–water partition coefficient (Wildman–Crippen LogP) is 4.38. The molecule has 0 bridgehead atoms. The van der Waals surface area contributed by atoms with Gasteiger partial charge in [0.1, 0.15) is 25.3 Å². The molecule has 1 unspecified atom stereocenters. The van der Waals surface area contributed by atoms with Gasteiger partial charge in [0.25, 0.3) is 0 Å². The van der Waals surface area contributed by atoms with Crippen LogP contribution in [0, 0.1) is 11.5 Å². The van der Waals surface area contributed by atoms with E-state index in [2.05, 4.69) is 47.1 Å². The maximum absolute atomic E-state index is 12.8. The molecular formula is C27H43N3O5Si. The van der Waals surface area contributed by atoms with Crippen LogP contribution in [-0.4, -0.2) is 56.5 Å². The molecule has 0 aliphatic carbocycles. The first-order chi connectivity index (χ1) is 16.4. The molecule has 1 aromatic rings. The molecule has 0 fully saturated rings. The van der Waals surface area contributed by atoms with E-state index < -0.39 is 43.4 Å². The summed E-state index contributed by atoms with van der Waals surface area (Å²) in [5, 5.41) is 7.88. The van der Waals surface area contributed by atoms with E-state index in [1.54, 1.807) is 41.5 Å². The number of amides is 3. The number of benzene rings is 1. The third kappa shape index (κ3) is 15.1. The number of ether oxygens (including phenoxy) is 2. The van der Waals surface area contributed by atoms with Crippen molar-refractivity contribution in [3.05, 3.63) is 35.4 Å². The van der Waals surface area contributed by atoms with Crippen molar-refractivity contribution in [2.45, 2.75) is 91.3 Å². The van der Waals surface area contributed by atoms with Gasteiger partial charge in [0, 0.05) is 12.1 Å². The summed E-state index contributed by atoms with van der Waals surface area (Å²) in [6.07, 6.45) is 0.0716. The zero-order valence-electron chi connectivity index (χ0n) is 23.3. The summed E-state index contributed by atoms with van der Waals surface area (Å²) in [6, 6.07) is 7.12. The third-order valence-electron chi connectivity index (χ3n) is 4.33. The van der Waals surface area contributed by atoms with Crippen LogP contribution in [0.1, 0.15) is 59.1 Å². The Balaban J connectivity index is 2.64. The molecule has 0 radical (unpaired) electrons. The molecule has 0 aliphatic heterocycles. The molecule has 1 aromatic carbocycles. The van der Waals surface area contributed by atoms with Gasteiger partial charge in [-0.2, -0.15) is 0 Å². The Morgan fingerprint density at radius 2 is 1.44 bits per heavy atom. The minimum absolute atomic E-state index is 0.139. The van der Waals surface area contributed by atoms with Crippen molar-refractivity contribution >= 4 is 26.2 Å². The summed E-state index contributed by atoms with van der Waals surface area (Å²) < 4.78 is 10.5. The van der Waals surface area contributed by atoms with E-state index >= 15 is 0 Å². The van der Waals surface area contributed by atoms with Crippen molar-refractivity contribution in [3.63, 3.8) is 0 Å². The standard InChI is InChI=1S/C27H43N3O5Si/c1-26(2,3)34-24(32)29-19-22(30-25(33)35-27(4,5)6)23(31)28-17-10-11-20-12-14-21(15-13-20)16-18-36(7,8)9/h12-15,22H,10-11,17,19H2,1-9H3,(H,28,31)(H,29,32)(H,30,33). The van der Waals surface area contributed by atoms with E-state index in [0.29, 0.717) is 13.0 Å². The summed E-state index contributed by atoms with van der Waals surface area (Å²) in [7, 11) is -1.41. The molecule has 3 N–H and O–H groups in total. The second-order valence-corrected chi connectivity index (χ2v) is 16.4. The zero-order valence-corrected chi connectivity index (χ0v) is 24.3. The molecule has 0 saturated carbocycles. The first kappa shape index (κ1) is 31.0. The van der Waals surface area contributed by atoms with Crippen molar-refractivity contribution in [2.75, 3.05) is 13.1 Å². The third-order valence-corrected chi connectivity index (χ3v) is 5.21. The van der Waals surface area contributed by atoms with Gasteiger partial charge in [-0.25, -0.2) is 9.59 Å². The number of carbonyl (C=O) groups is 3. The quantitative estimate of drug-likeness (QED) is 0.270. The Kier molecular flexibility index (Phi) is 11.5. The van der Waals surface area contributed by atoms with Gasteiger partial charge in [0.2, 0.25) is 5.91 Å². The molecule has 0 spiro atoms. The second-order valence-electron chi connectivity index (χ2n) is 11.7. The SMILES string of the molecule is CC(C)(C)OC(=O)NCC(NC(=O)OC(C)(C)C)C(=O)NCCCc1ccc(C#C[Si](C)(C)C)cc1. The molecule has 0 saturated heterocycles. The lowest BCUT2D eigenvalue weighted by molar-refractivity contribution is -0.123. The maximum Gasteiger partial charge on any atom is 0.408 e. The minimum atomic E-state index is -1.41. The topological polar surface area (TPSA) is 106 Å². The largest absolute Gasteiger partial charge is 0.444 e. The van der Waals surface area contributed by atoms with Gasteiger partial charge < -0.3 is 25.4 Å². The Morgan fingerprint density at radius 3 is 1.97 bits per heavy atom. The number of carbonyl (C=O) groups excluding carboxylic acids is 3. The normalized spacial score (nSPS) is 12.5. The van der Waals surface area contributed by atoms with E-state index in [4.69, 9.17) is 9.47 Å². The number of rotatable bonds is 8. The number of nitrogens with one attached hydrogen (secondary N) is 3. The maximum atomic E-state index is 12.8. The van der Waals surface area contributed by atoms with Gasteiger partial charge in [0.15, 0.2) is 0 Å². The van der Waals surface area contributed by atoms with E-state index in [-0.39, 0.29) is 6.54 Å². The van der Waals surface area contributed by atoms with Crippen molar-refractivity contribution in [1.29, 1.82) is 0 Å². The highest BCUT2D eigenvalue weighted by molar-refractivity contribution is 6.83. The summed E-state index contributed by atoms with van der Waals surface area (Å²) in [4.78, 5) is 37.0. The first-order valence-electron chi connectivity index (χ1n) is 12.3. The number of alkyl carbamates (subject to hydrolysis) is 2. The summed E-state index contributed by atoms with van der Waals surface area (Å²) in [5.74, 6) is 2.82. The molecule has 1 atom stereocenters. The summed E-state index contributed by atoms with van der Waals surface area (Å²) >= 11 is 0. The fraction of sp³-hybridized carbons (Fsp3) is 0.593. The van der Waals surface area contributed by atoms with Crippen LogP contribution in [0.25, 0.3) is 0 Å². The van der Waals surface area contributed by atoms with Crippen LogP contribution in [0.4, 0.5) is 9.59 Å². The zero-order chi connectivity index (χ0) is 27.6. The average Bonchev–Trinajstić information content (AvgIpc) is 2.70. The van der Waals surface area contributed by atoms with Crippen LogP contribution >= 0.6 is 0 Å². The highest BCUT2D eigenvalue weighted by atomic mass is 28.3. The molecular weight excluding hydrogens is 474 g/mol. The molecule has 0 aliphatic rings. The number of aryl methyl sites for hydroxylation is 1. The van der Waals surface area contributed by atoms with E-state index in [1.807, 2.05) is 24.3 Å².